The van der Waals surface area contributed by atoms with Gasteiger partial charge in [0.2, 0.25) is 0 Å². The van der Waals surface area contributed by atoms with Crippen LogP contribution in [0.4, 0.5) is 0 Å². The Labute approximate surface area is 141 Å². The molecule has 0 bridgehead atoms. The average molecular weight is 330 g/mol. The van der Waals surface area contributed by atoms with E-state index in [2.05, 4.69) is 5.32 Å². The molecule has 6 nitrogen and oxygen atoms in total. The fourth-order valence-electron chi connectivity index (χ4n) is 2.90. The molecule has 128 valence electrons. The van der Waals surface area contributed by atoms with Crippen molar-refractivity contribution in [2.45, 2.75) is 26.9 Å². The van der Waals surface area contributed by atoms with Crippen molar-refractivity contribution in [3.8, 4) is 17.2 Å². The molecule has 24 heavy (non-hydrogen) atoms. The van der Waals surface area contributed by atoms with Gasteiger partial charge in [0.05, 0.1) is 11.7 Å². The van der Waals surface area contributed by atoms with E-state index in [0.29, 0.717) is 24.5 Å². The number of hydrogen-bond acceptors (Lipinski definition) is 4. The lowest BCUT2D eigenvalue weighted by atomic mass is 10.2. The highest BCUT2D eigenvalue weighted by atomic mass is 16.6. The maximum atomic E-state index is 12.3. The van der Waals surface area contributed by atoms with Gasteiger partial charge >= 0.3 is 0 Å². The van der Waals surface area contributed by atoms with Crippen molar-refractivity contribution in [2.24, 2.45) is 0 Å². The maximum absolute atomic E-state index is 12.3. The van der Waals surface area contributed by atoms with Crippen LogP contribution in [-0.4, -0.2) is 41.4 Å². The molecule has 0 spiro atoms. The number of hydrogen-bond donors (Lipinski definition) is 2. The lowest BCUT2D eigenvalue weighted by molar-refractivity contribution is 0.0923. The summed E-state index contributed by atoms with van der Waals surface area (Å²) in [6.07, 6.45) is -0.574. The molecule has 0 radical (unpaired) electrons. The van der Waals surface area contributed by atoms with Crippen LogP contribution in [0.15, 0.2) is 24.3 Å². The Hall–Kier alpha value is -2.47. The topological polar surface area (TPSA) is 72.7 Å². The van der Waals surface area contributed by atoms with Crippen molar-refractivity contribution < 1.29 is 19.4 Å². The van der Waals surface area contributed by atoms with Crippen LogP contribution >= 0.6 is 0 Å². The van der Waals surface area contributed by atoms with Crippen molar-refractivity contribution in [3.05, 3.63) is 41.2 Å². The van der Waals surface area contributed by atoms with Crippen molar-refractivity contribution >= 4 is 5.91 Å². The van der Waals surface area contributed by atoms with E-state index in [1.807, 2.05) is 42.7 Å². The zero-order valence-electron chi connectivity index (χ0n) is 14.1. The van der Waals surface area contributed by atoms with Gasteiger partial charge in [-0.25, -0.2) is 0 Å². The minimum absolute atomic E-state index is 0.187. The molecule has 1 aromatic heterocycles. The van der Waals surface area contributed by atoms with E-state index in [0.717, 1.165) is 22.8 Å². The molecule has 0 fully saturated rings. The number of benzene rings is 1. The number of carbonyl (C=O) groups is 1. The van der Waals surface area contributed by atoms with Crippen LogP contribution in [0.2, 0.25) is 0 Å². The molecular weight excluding hydrogens is 308 g/mol. The molecule has 1 unspecified atom stereocenters. The molecule has 1 aliphatic heterocycles. The van der Waals surface area contributed by atoms with E-state index < -0.39 is 6.10 Å². The summed E-state index contributed by atoms with van der Waals surface area (Å²) in [5, 5.41) is 12.1. The van der Waals surface area contributed by atoms with E-state index in [9.17, 15) is 9.90 Å². The van der Waals surface area contributed by atoms with Crippen LogP contribution in [0.25, 0.3) is 5.69 Å². The van der Waals surface area contributed by atoms with E-state index in [1.165, 1.54) is 0 Å². The zero-order valence-corrected chi connectivity index (χ0v) is 14.1. The smallest absolute Gasteiger partial charge is 0.253 e. The van der Waals surface area contributed by atoms with Crippen LogP contribution < -0.4 is 14.8 Å². The van der Waals surface area contributed by atoms with Gasteiger partial charge in [0.1, 0.15) is 13.2 Å². The van der Waals surface area contributed by atoms with Gasteiger partial charge in [-0.15, -0.1) is 0 Å². The molecule has 3 rings (SSSR count). The van der Waals surface area contributed by atoms with Gasteiger partial charge in [0, 0.05) is 29.7 Å². The summed E-state index contributed by atoms with van der Waals surface area (Å²) in [6.45, 7) is 6.82. The Kier molecular flexibility index (Phi) is 4.49. The third kappa shape index (κ3) is 3.10. The first-order valence-corrected chi connectivity index (χ1v) is 8.02. The summed E-state index contributed by atoms with van der Waals surface area (Å²) in [4.78, 5) is 12.3. The molecule has 6 heteroatoms. The second-order valence-corrected chi connectivity index (χ2v) is 6.01. The number of ether oxygens (including phenoxy) is 2. The Bertz CT molecular complexity index is 765. The Morgan fingerprint density at radius 2 is 1.96 bits per heavy atom. The largest absolute Gasteiger partial charge is 0.486 e. The Morgan fingerprint density at radius 3 is 2.67 bits per heavy atom. The highest BCUT2D eigenvalue weighted by Gasteiger charge is 2.19. The van der Waals surface area contributed by atoms with Crippen molar-refractivity contribution in [1.82, 2.24) is 9.88 Å². The number of aryl methyl sites for hydroxylation is 1. The first kappa shape index (κ1) is 16.4. The SMILES string of the molecule is Cc1cc(C(=O)NCC(C)O)c(C)n1-c1ccc2c(c1)OCCO2. The van der Waals surface area contributed by atoms with Crippen molar-refractivity contribution in [1.29, 1.82) is 0 Å². The van der Waals surface area contributed by atoms with Crippen LogP contribution in [0.1, 0.15) is 28.7 Å². The highest BCUT2D eigenvalue weighted by molar-refractivity contribution is 5.96. The van der Waals surface area contributed by atoms with Crippen molar-refractivity contribution in [2.75, 3.05) is 19.8 Å². The number of rotatable bonds is 4. The lowest BCUT2D eigenvalue weighted by Crippen LogP contribution is -2.30. The third-order valence-corrected chi connectivity index (χ3v) is 4.02. The summed E-state index contributed by atoms with van der Waals surface area (Å²) >= 11 is 0. The van der Waals surface area contributed by atoms with Gasteiger partial charge in [0.25, 0.3) is 5.91 Å². The first-order valence-electron chi connectivity index (χ1n) is 8.02. The molecule has 1 amide bonds. The third-order valence-electron chi connectivity index (χ3n) is 4.02. The standard InChI is InChI=1S/C18H22N2O4/c1-11-8-15(18(22)19-10-12(2)21)13(3)20(11)14-4-5-16-17(9-14)24-7-6-23-16/h4-5,8-9,12,21H,6-7,10H2,1-3H3,(H,19,22). The van der Waals surface area contributed by atoms with E-state index >= 15 is 0 Å². The van der Waals surface area contributed by atoms with Gasteiger partial charge in [-0.1, -0.05) is 0 Å². The second kappa shape index (κ2) is 6.57. The fourth-order valence-corrected chi connectivity index (χ4v) is 2.90. The quantitative estimate of drug-likeness (QED) is 0.899. The molecular formula is C18H22N2O4. The molecule has 1 aliphatic rings. The summed E-state index contributed by atoms with van der Waals surface area (Å²) < 4.78 is 13.2. The number of carbonyl (C=O) groups excluding carboxylic acids is 1. The van der Waals surface area contributed by atoms with Gasteiger partial charge in [-0.3, -0.25) is 4.79 Å². The number of nitrogens with zero attached hydrogens (tertiary/aromatic N) is 1. The molecule has 0 aliphatic carbocycles. The van der Waals surface area contributed by atoms with Crippen LogP contribution in [0, 0.1) is 13.8 Å². The minimum Gasteiger partial charge on any atom is -0.486 e. The van der Waals surface area contributed by atoms with Crippen molar-refractivity contribution in [3.63, 3.8) is 0 Å². The van der Waals surface area contributed by atoms with Crippen LogP contribution in [-0.2, 0) is 0 Å². The second-order valence-electron chi connectivity index (χ2n) is 6.01. The van der Waals surface area contributed by atoms with Crippen LogP contribution in [0.5, 0.6) is 11.5 Å². The molecule has 1 aromatic carbocycles. The molecule has 2 N–H and O–H groups in total. The zero-order chi connectivity index (χ0) is 17.3. The van der Waals surface area contributed by atoms with E-state index in [1.54, 1.807) is 6.92 Å². The van der Waals surface area contributed by atoms with Gasteiger partial charge < -0.3 is 24.5 Å². The summed E-state index contributed by atoms with van der Waals surface area (Å²) in [5.41, 5.74) is 3.31. The van der Waals surface area contributed by atoms with Crippen LogP contribution in [0.3, 0.4) is 0 Å². The molecule has 2 aromatic rings. The highest BCUT2D eigenvalue weighted by Crippen LogP contribution is 2.33. The average Bonchev–Trinajstić information content (AvgIpc) is 2.87. The fraction of sp³-hybridized carbons (Fsp3) is 0.389. The number of aliphatic hydroxyl groups excluding tert-OH is 1. The van der Waals surface area contributed by atoms with Gasteiger partial charge in [0.15, 0.2) is 11.5 Å². The Morgan fingerprint density at radius 1 is 1.25 bits per heavy atom. The Balaban J connectivity index is 1.93. The number of fused-ring (bicyclic) bond motifs is 1. The molecule has 0 saturated carbocycles. The predicted octanol–water partition coefficient (Wildman–Crippen LogP) is 1.98. The number of nitrogens with one attached hydrogen (secondary N) is 1. The van der Waals surface area contributed by atoms with Gasteiger partial charge in [-0.05, 0) is 39.0 Å². The monoisotopic (exact) mass is 330 g/mol. The molecule has 0 saturated heterocycles. The van der Waals surface area contributed by atoms with E-state index in [-0.39, 0.29) is 12.5 Å². The summed E-state index contributed by atoms with van der Waals surface area (Å²) in [7, 11) is 0. The minimum atomic E-state index is -0.574. The predicted molar refractivity (Wildman–Crippen MR) is 90.2 cm³/mol. The number of aliphatic hydroxyl groups is 1. The number of aromatic nitrogens is 1. The first-order chi connectivity index (χ1) is 11.5. The van der Waals surface area contributed by atoms with E-state index in [4.69, 9.17) is 9.47 Å². The van der Waals surface area contributed by atoms with Gasteiger partial charge in [-0.2, -0.15) is 0 Å². The summed E-state index contributed by atoms with van der Waals surface area (Å²) in [6, 6.07) is 7.61. The number of amides is 1. The molecule has 2 heterocycles. The summed E-state index contributed by atoms with van der Waals surface area (Å²) in [5.74, 6) is 1.27. The lowest BCUT2D eigenvalue weighted by Gasteiger charge is -2.20. The maximum Gasteiger partial charge on any atom is 0.253 e. The normalized spacial score (nSPS) is 14.3. The molecule has 1 atom stereocenters.